The highest BCUT2D eigenvalue weighted by Crippen LogP contribution is 2.29. The molecule has 8 heteroatoms. The number of carbonyl (C=O) groups is 1. The summed E-state index contributed by atoms with van der Waals surface area (Å²) in [5.74, 6) is -2.75. The molecule has 1 heterocycles. The predicted molar refractivity (Wildman–Crippen MR) is 64.5 cm³/mol. The number of rotatable bonds is 4. The maximum atomic E-state index is 13.8. The molecule has 1 aromatic rings. The molecule has 0 amide bonds. The summed E-state index contributed by atoms with van der Waals surface area (Å²) in [5, 5.41) is 19.6. The quantitative estimate of drug-likeness (QED) is 0.671. The van der Waals surface area contributed by atoms with Crippen molar-refractivity contribution in [1.29, 1.82) is 0 Å². The van der Waals surface area contributed by atoms with Crippen LogP contribution in [0.3, 0.4) is 0 Å². The minimum atomic E-state index is -1.51. The third kappa shape index (κ3) is 3.02. The summed E-state index contributed by atoms with van der Waals surface area (Å²) in [7, 11) is 0. The van der Waals surface area contributed by atoms with Gasteiger partial charge in [-0.1, -0.05) is 0 Å². The average molecular weight is 285 g/mol. The van der Waals surface area contributed by atoms with E-state index in [2.05, 4.69) is 0 Å². The lowest BCUT2D eigenvalue weighted by Crippen LogP contribution is -2.26. The van der Waals surface area contributed by atoms with Gasteiger partial charge in [0.2, 0.25) is 0 Å². The van der Waals surface area contributed by atoms with Crippen LogP contribution >= 0.6 is 0 Å². The number of carboxylic acid groups (broad SMARTS) is 1. The van der Waals surface area contributed by atoms with E-state index in [1.54, 1.807) is 0 Å². The molecule has 7 nitrogen and oxygen atoms in total. The number of nitrogens with zero attached hydrogens (tertiary/aromatic N) is 1. The molecule has 108 valence electrons. The Balaban J connectivity index is 2.31. The summed E-state index contributed by atoms with van der Waals surface area (Å²) in [5.41, 5.74) is -1.40. The molecular formula is C12H12FNO6. The van der Waals surface area contributed by atoms with Crippen LogP contribution in [0.15, 0.2) is 12.1 Å². The molecule has 0 bridgehead atoms. The van der Waals surface area contributed by atoms with E-state index in [1.807, 2.05) is 0 Å². The van der Waals surface area contributed by atoms with Crippen molar-refractivity contribution in [2.75, 3.05) is 13.2 Å². The van der Waals surface area contributed by atoms with E-state index in [-0.39, 0.29) is 11.9 Å². The zero-order valence-electron chi connectivity index (χ0n) is 10.4. The first-order chi connectivity index (χ1) is 9.49. The Labute approximate surface area is 113 Å². The van der Waals surface area contributed by atoms with Gasteiger partial charge in [-0.25, -0.2) is 9.18 Å². The first-order valence-electron chi connectivity index (χ1n) is 5.94. The van der Waals surface area contributed by atoms with Crippen molar-refractivity contribution in [2.24, 2.45) is 0 Å². The Morgan fingerprint density at radius 3 is 2.65 bits per heavy atom. The van der Waals surface area contributed by atoms with Gasteiger partial charge in [0.05, 0.1) is 24.2 Å². The van der Waals surface area contributed by atoms with Gasteiger partial charge in [0.1, 0.15) is 11.7 Å². The van der Waals surface area contributed by atoms with Crippen LogP contribution in [0.1, 0.15) is 23.2 Å². The summed E-state index contributed by atoms with van der Waals surface area (Å²) in [6.07, 6.45) is 0.818. The maximum absolute atomic E-state index is 13.8. The third-order valence-electron chi connectivity index (χ3n) is 2.94. The van der Waals surface area contributed by atoms with E-state index in [0.717, 1.165) is 6.07 Å². The Hall–Kier alpha value is -2.22. The van der Waals surface area contributed by atoms with Crippen molar-refractivity contribution in [3.8, 4) is 5.75 Å². The lowest BCUT2D eigenvalue weighted by Gasteiger charge is -2.23. The third-order valence-corrected chi connectivity index (χ3v) is 2.94. The molecule has 2 rings (SSSR count). The number of halogens is 1. The van der Waals surface area contributed by atoms with Crippen molar-refractivity contribution in [1.82, 2.24) is 0 Å². The summed E-state index contributed by atoms with van der Waals surface area (Å²) >= 11 is 0. The van der Waals surface area contributed by atoms with Crippen molar-refractivity contribution < 1.29 is 28.7 Å². The number of aromatic carboxylic acids is 1. The second-order valence-corrected chi connectivity index (χ2v) is 4.29. The zero-order valence-corrected chi connectivity index (χ0v) is 10.4. The monoisotopic (exact) mass is 285 g/mol. The largest absolute Gasteiger partial charge is 0.487 e. The summed E-state index contributed by atoms with van der Waals surface area (Å²) in [4.78, 5) is 20.7. The fourth-order valence-electron chi connectivity index (χ4n) is 1.93. The number of ether oxygens (including phenoxy) is 2. The highest BCUT2D eigenvalue weighted by atomic mass is 19.1. The number of nitro groups is 1. The second-order valence-electron chi connectivity index (χ2n) is 4.29. The van der Waals surface area contributed by atoms with Gasteiger partial charge in [0, 0.05) is 18.9 Å². The average Bonchev–Trinajstić information content (AvgIpc) is 2.41. The molecule has 1 aliphatic heterocycles. The molecule has 1 aromatic carbocycles. The fourth-order valence-corrected chi connectivity index (χ4v) is 1.93. The lowest BCUT2D eigenvalue weighted by atomic mass is 10.1. The second kappa shape index (κ2) is 5.83. The Morgan fingerprint density at radius 1 is 1.45 bits per heavy atom. The molecule has 0 aromatic heterocycles. The molecule has 1 N–H and O–H groups in total. The van der Waals surface area contributed by atoms with E-state index >= 15 is 0 Å². The zero-order chi connectivity index (χ0) is 14.7. The van der Waals surface area contributed by atoms with Crippen molar-refractivity contribution >= 4 is 11.7 Å². The summed E-state index contributed by atoms with van der Waals surface area (Å²) < 4.78 is 24.2. The van der Waals surface area contributed by atoms with Gasteiger partial charge in [-0.05, 0) is 0 Å². The fraction of sp³-hybridized carbons (Fsp3) is 0.417. The van der Waals surface area contributed by atoms with E-state index in [9.17, 15) is 19.3 Å². The number of carboxylic acids is 1. The van der Waals surface area contributed by atoms with Crippen LogP contribution < -0.4 is 4.74 Å². The Kier molecular flexibility index (Phi) is 4.14. The molecule has 1 fully saturated rings. The first kappa shape index (κ1) is 14.2. The minimum Gasteiger partial charge on any atom is -0.487 e. The van der Waals surface area contributed by atoms with E-state index in [4.69, 9.17) is 14.6 Å². The molecular weight excluding hydrogens is 273 g/mol. The maximum Gasteiger partial charge on any atom is 0.342 e. The minimum absolute atomic E-state index is 0.290. The standard InChI is InChI=1S/C12H12FNO6/c13-9-6-10(14(17)18)8(12(15)16)5-11(9)20-7-1-3-19-4-2-7/h5-7H,1-4H2,(H,15,16). The van der Waals surface area contributed by atoms with Crippen molar-refractivity contribution in [3.63, 3.8) is 0 Å². The van der Waals surface area contributed by atoms with Gasteiger partial charge in [-0.15, -0.1) is 0 Å². The van der Waals surface area contributed by atoms with Gasteiger partial charge in [0.15, 0.2) is 11.6 Å². The lowest BCUT2D eigenvalue weighted by molar-refractivity contribution is -0.385. The highest BCUT2D eigenvalue weighted by Gasteiger charge is 2.25. The van der Waals surface area contributed by atoms with Crippen LogP contribution in [0.4, 0.5) is 10.1 Å². The molecule has 0 unspecified atom stereocenters. The van der Waals surface area contributed by atoms with Crippen LogP contribution in [0.5, 0.6) is 5.75 Å². The number of nitro benzene ring substituents is 1. The molecule has 0 atom stereocenters. The Morgan fingerprint density at radius 2 is 2.10 bits per heavy atom. The van der Waals surface area contributed by atoms with Gasteiger partial charge in [-0.3, -0.25) is 10.1 Å². The van der Waals surface area contributed by atoms with E-state index < -0.39 is 28.0 Å². The SMILES string of the molecule is O=C(O)c1cc(OC2CCOCC2)c(F)cc1[N+](=O)[O-]. The summed E-state index contributed by atoms with van der Waals surface area (Å²) in [6.45, 7) is 0.954. The molecule has 0 spiro atoms. The van der Waals surface area contributed by atoms with Crippen LogP contribution in [0, 0.1) is 15.9 Å². The predicted octanol–water partition coefficient (Wildman–Crippen LogP) is 1.99. The van der Waals surface area contributed by atoms with Crippen LogP contribution in [0.2, 0.25) is 0 Å². The van der Waals surface area contributed by atoms with Crippen LogP contribution in [-0.4, -0.2) is 35.3 Å². The highest BCUT2D eigenvalue weighted by molar-refractivity contribution is 5.92. The molecule has 0 radical (unpaired) electrons. The number of benzene rings is 1. The van der Waals surface area contributed by atoms with Gasteiger partial charge in [-0.2, -0.15) is 0 Å². The van der Waals surface area contributed by atoms with Crippen LogP contribution in [0.25, 0.3) is 0 Å². The molecule has 0 saturated carbocycles. The van der Waals surface area contributed by atoms with Gasteiger partial charge in [0.25, 0.3) is 5.69 Å². The summed E-state index contributed by atoms with van der Waals surface area (Å²) in [6, 6.07) is 1.42. The van der Waals surface area contributed by atoms with Gasteiger partial charge >= 0.3 is 5.97 Å². The normalized spacial score (nSPS) is 15.8. The van der Waals surface area contributed by atoms with Crippen LogP contribution in [-0.2, 0) is 4.74 Å². The van der Waals surface area contributed by atoms with Crippen molar-refractivity contribution in [3.05, 3.63) is 33.6 Å². The number of hydrogen-bond donors (Lipinski definition) is 1. The molecule has 0 aliphatic carbocycles. The van der Waals surface area contributed by atoms with Crippen molar-refractivity contribution in [2.45, 2.75) is 18.9 Å². The molecule has 1 saturated heterocycles. The smallest absolute Gasteiger partial charge is 0.342 e. The first-order valence-corrected chi connectivity index (χ1v) is 5.94. The van der Waals surface area contributed by atoms with E-state index in [1.165, 1.54) is 0 Å². The Bertz CT molecular complexity index is 541. The molecule has 20 heavy (non-hydrogen) atoms. The topological polar surface area (TPSA) is 98.9 Å². The number of hydrogen-bond acceptors (Lipinski definition) is 5. The molecule has 1 aliphatic rings. The van der Waals surface area contributed by atoms with Gasteiger partial charge < -0.3 is 14.6 Å². The van der Waals surface area contributed by atoms with E-state index in [0.29, 0.717) is 32.1 Å².